The number of benzene rings is 1. The monoisotopic (exact) mass is 380 g/mol. The van der Waals surface area contributed by atoms with Gasteiger partial charge in [-0.05, 0) is 24.6 Å². The summed E-state index contributed by atoms with van der Waals surface area (Å²) in [5.74, 6) is 1.54. The third-order valence-electron chi connectivity index (χ3n) is 3.99. The number of carbonyl (C=O) groups excluding carboxylic acids is 2. The van der Waals surface area contributed by atoms with Gasteiger partial charge in [-0.1, -0.05) is 18.1 Å². The summed E-state index contributed by atoms with van der Waals surface area (Å²) >= 11 is 1.14. The lowest BCUT2D eigenvalue weighted by molar-refractivity contribution is 0.0959. The van der Waals surface area contributed by atoms with Gasteiger partial charge >= 0.3 is 0 Å². The maximum absolute atomic E-state index is 12.8. The molecule has 0 spiro atoms. The standard InChI is InChI=1S/C19H16N4O3S/c1-4-9-20-16(24)12-7-5-6-8-13(12)22-17(25)15-11(2)14-18(27-15)21-10-23(3)19(14)26/h1,5-8,10H,9H2,2-3H3,(H,20,24)(H,22,25). The molecular formula is C19H16N4O3S. The van der Waals surface area contributed by atoms with E-state index in [0.29, 0.717) is 31.9 Å². The van der Waals surface area contributed by atoms with Crippen LogP contribution < -0.4 is 16.2 Å². The molecule has 0 radical (unpaired) electrons. The molecule has 7 nitrogen and oxygen atoms in total. The van der Waals surface area contributed by atoms with Crippen LogP contribution in [0.2, 0.25) is 0 Å². The molecule has 0 aliphatic rings. The number of aryl methyl sites for hydroxylation is 2. The van der Waals surface area contributed by atoms with Gasteiger partial charge in [-0.25, -0.2) is 4.98 Å². The van der Waals surface area contributed by atoms with Crippen LogP contribution in [0.25, 0.3) is 10.2 Å². The zero-order valence-corrected chi connectivity index (χ0v) is 15.5. The number of rotatable bonds is 4. The van der Waals surface area contributed by atoms with Crippen molar-refractivity contribution in [1.29, 1.82) is 0 Å². The number of hydrogen-bond acceptors (Lipinski definition) is 5. The smallest absolute Gasteiger partial charge is 0.266 e. The lowest BCUT2D eigenvalue weighted by Gasteiger charge is -2.10. The van der Waals surface area contributed by atoms with E-state index in [2.05, 4.69) is 21.5 Å². The van der Waals surface area contributed by atoms with Crippen LogP contribution in [0.5, 0.6) is 0 Å². The first-order valence-electron chi connectivity index (χ1n) is 8.00. The van der Waals surface area contributed by atoms with Gasteiger partial charge in [-0.2, -0.15) is 0 Å². The number of thiophene rings is 1. The molecule has 0 aliphatic carbocycles. The number of terminal acetylenes is 1. The number of amides is 2. The van der Waals surface area contributed by atoms with Gasteiger partial charge in [-0.15, -0.1) is 17.8 Å². The zero-order chi connectivity index (χ0) is 19.6. The van der Waals surface area contributed by atoms with Crippen molar-refractivity contribution < 1.29 is 9.59 Å². The van der Waals surface area contributed by atoms with E-state index in [1.807, 2.05) is 0 Å². The fourth-order valence-corrected chi connectivity index (χ4v) is 3.66. The number of nitrogens with zero attached hydrogens (tertiary/aromatic N) is 2. The summed E-state index contributed by atoms with van der Waals surface area (Å²) in [6.45, 7) is 1.80. The normalized spacial score (nSPS) is 10.4. The van der Waals surface area contributed by atoms with E-state index < -0.39 is 5.91 Å². The summed E-state index contributed by atoms with van der Waals surface area (Å²) in [6.07, 6.45) is 6.58. The van der Waals surface area contributed by atoms with Crippen molar-refractivity contribution in [2.45, 2.75) is 6.92 Å². The lowest BCUT2D eigenvalue weighted by Crippen LogP contribution is -2.25. The topological polar surface area (TPSA) is 93.1 Å². The van der Waals surface area contributed by atoms with E-state index in [1.165, 1.54) is 10.9 Å². The Bertz CT molecular complexity index is 1150. The largest absolute Gasteiger partial charge is 0.341 e. The van der Waals surface area contributed by atoms with Gasteiger partial charge in [0, 0.05) is 7.05 Å². The van der Waals surface area contributed by atoms with Gasteiger partial charge in [-0.3, -0.25) is 14.4 Å². The Labute approximate surface area is 159 Å². The predicted octanol–water partition coefficient (Wildman–Crippen LogP) is 1.92. The number of para-hydroxylation sites is 1. The maximum Gasteiger partial charge on any atom is 0.266 e. The van der Waals surface area contributed by atoms with Gasteiger partial charge in [0.1, 0.15) is 4.83 Å². The molecule has 3 rings (SSSR count). The first kappa shape index (κ1) is 18.4. The van der Waals surface area contributed by atoms with Gasteiger partial charge < -0.3 is 15.2 Å². The molecule has 0 saturated heterocycles. The Hall–Kier alpha value is -3.44. The minimum Gasteiger partial charge on any atom is -0.341 e. The third kappa shape index (κ3) is 3.45. The Kier molecular flexibility index (Phi) is 5.05. The number of nitrogens with one attached hydrogen (secondary N) is 2. The van der Waals surface area contributed by atoms with Crippen LogP contribution in [-0.2, 0) is 7.05 Å². The zero-order valence-electron chi connectivity index (χ0n) is 14.7. The lowest BCUT2D eigenvalue weighted by atomic mass is 10.1. The predicted molar refractivity (Wildman–Crippen MR) is 105 cm³/mol. The van der Waals surface area contributed by atoms with Gasteiger partial charge in [0.25, 0.3) is 17.4 Å². The molecule has 8 heteroatoms. The highest BCUT2D eigenvalue weighted by Gasteiger charge is 2.20. The van der Waals surface area contributed by atoms with Crippen molar-refractivity contribution in [3.8, 4) is 12.3 Å². The molecule has 0 aliphatic heterocycles. The van der Waals surface area contributed by atoms with E-state index in [4.69, 9.17) is 6.42 Å². The number of carbonyl (C=O) groups is 2. The van der Waals surface area contributed by atoms with E-state index in [-0.39, 0.29) is 18.0 Å². The van der Waals surface area contributed by atoms with E-state index >= 15 is 0 Å². The summed E-state index contributed by atoms with van der Waals surface area (Å²) in [6, 6.07) is 6.63. The number of fused-ring (bicyclic) bond motifs is 1. The molecule has 0 bridgehead atoms. The first-order valence-corrected chi connectivity index (χ1v) is 8.82. The van der Waals surface area contributed by atoms with Crippen molar-refractivity contribution in [3.63, 3.8) is 0 Å². The third-order valence-corrected chi connectivity index (χ3v) is 5.19. The molecule has 27 heavy (non-hydrogen) atoms. The van der Waals surface area contributed by atoms with Crippen LogP contribution in [-0.4, -0.2) is 27.9 Å². The van der Waals surface area contributed by atoms with Crippen LogP contribution in [0.1, 0.15) is 25.6 Å². The minimum atomic E-state index is -0.408. The van der Waals surface area contributed by atoms with Crippen molar-refractivity contribution in [1.82, 2.24) is 14.9 Å². The molecule has 1 aromatic carbocycles. The number of hydrogen-bond donors (Lipinski definition) is 2. The molecule has 0 unspecified atom stereocenters. The van der Waals surface area contributed by atoms with Crippen LogP contribution >= 0.6 is 11.3 Å². The summed E-state index contributed by atoms with van der Waals surface area (Å²) in [5, 5.41) is 5.74. The summed E-state index contributed by atoms with van der Waals surface area (Å²) < 4.78 is 1.37. The molecule has 0 saturated carbocycles. The summed E-state index contributed by atoms with van der Waals surface area (Å²) in [4.78, 5) is 42.4. The SMILES string of the molecule is C#CCNC(=O)c1ccccc1NC(=O)c1sc2ncn(C)c(=O)c2c1C. The second-order valence-corrected chi connectivity index (χ2v) is 6.78. The van der Waals surface area contributed by atoms with Crippen molar-refractivity contribution in [3.05, 3.63) is 57.0 Å². The maximum atomic E-state index is 12.8. The highest BCUT2D eigenvalue weighted by atomic mass is 32.1. The Morgan fingerprint density at radius 2 is 2.04 bits per heavy atom. The molecule has 136 valence electrons. The molecule has 0 atom stereocenters. The van der Waals surface area contributed by atoms with E-state index in [1.54, 1.807) is 38.2 Å². The number of anilines is 1. The Morgan fingerprint density at radius 1 is 1.30 bits per heavy atom. The fourth-order valence-electron chi connectivity index (χ4n) is 2.62. The van der Waals surface area contributed by atoms with Crippen molar-refractivity contribution >= 4 is 39.1 Å². The molecule has 3 aromatic rings. The van der Waals surface area contributed by atoms with E-state index in [9.17, 15) is 14.4 Å². The Morgan fingerprint density at radius 3 is 2.78 bits per heavy atom. The first-order chi connectivity index (χ1) is 12.9. The van der Waals surface area contributed by atoms with E-state index in [0.717, 1.165) is 11.3 Å². The second-order valence-electron chi connectivity index (χ2n) is 5.78. The molecule has 2 N–H and O–H groups in total. The van der Waals surface area contributed by atoms with Gasteiger partial charge in [0.2, 0.25) is 0 Å². The summed E-state index contributed by atoms with van der Waals surface area (Å²) in [5.41, 5.74) is 1.01. The van der Waals surface area contributed by atoms with Crippen molar-refractivity contribution in [2.75, 3.05) is 11.9 Å². The van der Waals surface area contributed by atoms with Crippen LogP contribution in [0.4, 0.5) is 5.69 Å². The molecule has 0 fully saturated rings. The van der Waals surface area contributed by atoms with Gasteiger partial charge in [0.15, 0.2) is 0 Å². The van der Waals surface area contributed by atoms with Crippen LogP contribution in [0.3, 0.4) is 0 Å². The van der Waals surface area contributed by atoms with Gasteiger partial charge in [0.05, 0.1) is 34.4 Å². The fraction of sp³-hybridized carbons (Fsp3) is 0.158. The van der Waals surface area contributed by atoms with Crippen LogP contribution in [0.15, 0.2) is 35.4 Å². The minimum absolute atomic E-state index is 0.0888. The second kappa shape index (κ2) is 7.43. The summed E-state index contributed by atoms with van der Waals surface area (Å²) in [7, 11) is 1.61. The molecular weight excluding hydrogens is 364 g/mol. The number of aromatic nitrogens is 2. The molecule has 2 aromatic heterocycles. The van der Waals surface area contributed by atoms with Crippen molar-refractivity contribution in [2.24, 2.45) is 7.05 Å². The average Bonchev–Trinajstić information content (AvgIpc) is 3.00. The highest BCUT2D eigenvalue weighted by Crippen LogP contribution is 2.28. The molecule has 2 amide bonds. The molecule has 2 heterocycles. The highest BCUT2D eigenvalue weighted by molar-refractivity contribution is 7.20. The quantitative estimate of drug-likeness (QED) is 0.677. The Balaban J connectivity index is 1.96. The average molecular weight is 380 g/mol. The van der Waals surface area contributed by atoms with Crippen LogP contribution in [0, 0.1) is 19.3 Å².